The zero-order valence-corrected chi connectivity index (χ0v) is 14.9. The SMILES string of the molecule is CCC(C)NS(=O)(=O)c1cc(Cl)cc(CNC(C)C)c1C. The molecule has 1 rings (SSSR count). The van der Waals surface area contributed by atoms with E-state index in [1.54, 1.807) is 0 Å². The predicted octanol–water partition coefficient (Wildman–Crippen LogP) is 3.22. The van der Waals surface area contributed by atoms with E-state index in [1.165, 1.54) is 6.07 Å². The van der Waals surface area contributed by atoms with E-state index in [1.807, 2.05) is 40.7 Å². The van der Waals surface area contributed by atoms with Crippen molar-refractivity contribution in [3.63, 3.8) is 0 Å². The number of hydrogen-bond donors (Lipinski definition) is 2. The fraction of sp³-hybridized carbons (Fsp3) is 0.600. The maximum Gasteiger partial charge on any atom is 0.241 e. The highest BCUT2D eigenvalue weighted by atomic mass is 35.5. The van der Waals surface area contributed by atoms with E-state index in [9.17, 15) is 8.42 Å². The molecule has 21 heavy (non-hydrogen) atoms. The van der Waals surface area contributed by atoms with Gasteiger partial charge in [0.2, 0.25) is 10.0 Å². The van der Waals surface area contributed by atoms with Gasteiger partial charge in [0.15, 0.2) is 0 Å². The molecule has 0 aliphatic heterocycles. The average molecular weight is 333 g/mol. The number of nitrogens with one attached hydrogen (secondary N) is 2. The topological polar surface area (TPSA) is 58.2 Å². The molecule has 1 aromatic carbocycles. The smallest absolute Gasteiger partial charge is 0.241 e. The van der Waals surface area contributed by atoms with Gasteiger partial charge in [-0.25, -0.2) is 13.1 Å². The van der Waals surface area contributed by atoms with Gasteiger partial charge in [0.05, 0.1) is 4.90 Å². The van der Waals surface area contributed by atoms with Crippen LogP contribution in [0.3, 0.4) is 0 Å². The van der Waals surface area contributed by atoms with Crippen molar-refractivity contribution in [3.05, 3.63) is 28.3 Å². The molecule has 0 aliphatic carbocycles. The number of halogens is 1. The van der Waals surface area contributed by atoms with E-state index >= 15 is 0 Å². The Balaban J connectivity index is 3.18. The minimum atomic E-state index is -3.55. The van der Waals surface area contributed by atoms with Crippen molar-refractivity contribution in [2.45, 2.75) is 64.6 Å². The molecular weight excluding hydrogens is 308 g/mol. The van der Waals surface area contributed by atoms with Crippen LogP contribution in [0, 0.1) is 6.92 Å². The van der Waals surface area contributed by atoms with Gasteiger partial charge < -0.3 is 5.32 Å². The van der Waals surface area contributed by atoms with Crippen molar-refractivity contribution in [2.24, 2.45) is 0 Å². The molecule has 1 unspecified atom stereocenters. The van der Waals surface area contributed by atoms with Crippen molar-refractivity contribution in [1.29, 1.82) is 0 Å². The maximum atomic E-state index is 12.5. The first-order chi connectivity index (χ1) is 9.67. The van der Waals surface area contributed by atoms with Crippen molar-refractivity contribution < 1.29 is 8.42 Å². The molecule has 1 aromatic rings. The van der Waals surface area contributed by atoms with Crippen molar-refractivity contribution in [1.82, 2.24) is 10.0 Å². The standard InChI is InChI=1S/C15H25ClN2O2S/c1-6-11(4)18-21(19,20)15-8-14(16)7-13(12(15)5)9-17-10(2)3/h7-8,10-11,17-18H,6,9H2,1-5H3. The van der Waals surface area contributed by atoms with Crippen molar-refractivity contribution >= 4 is 21.6 Å². The molecule has 4 nitrogen and oxygen atoms in total. The van der Waals surface area contributed by atoms with Gasteiger partial charge in [-0.1, -0.05) is 32.4 Å². The molecule has 6 heteroatoms. The van der Waals surface area contributed by atoms with Crippen LogP contribution in [0.1, 0.15) is 45.2 Å². The molecule has 0 saturated carbocycles. The lowest BCUT2D eigenvalue weighted by atomic mass is 10.1. The summed E-state index contributed by atoms with van der Waals surface area (Å²) in [7, 11) is -3.55. The fourth-order valence-corrected chi connectivity index (χ4v) is 3.84. The maximum absolute atomic E-state index is 12.5. The molecule has 2 N–H and O–H groups in total. The van der Waals surface area contributed by atoms with Crippen molar-refractivity contribution in [2.75, 3.05) is 0 Å². The van der Waals surface area contributed by atoms with Gasteiger partial charge in [0.1, 0.15) is 0 Å². The molecular formula is C15H25ClN2O2S. The van der Waals surface area contributed by atoms with E-state index in [0.29, 0.717) is 17.6 Å². The van der Waals surface area contributed by atoms with E-state index < -0.39 is 10.0 Å². The molecule has 0 aromatic heterocycles. The Kier molecular flexibility index (Phi) is 6.66. The molecule has 0 amide bonds. The molecule has 0 radical (unpaired) electrons. The normalized spacial score (nSPS) is 13.7. The minimum Gasteiger partial charge on any atom is -0.310 e. The molecule has 0 spiro atoms. The second-order valence-electron chi connectivity index (χ2n) is 5.65. The second kappa shape index (κ2) is 7.58. The third-order valence-corrected chi connectivity index (χ3v) is 5.33. The fourth-order valence-electron chi connectivity index (χ4n) is 1.90. The number of hydrogen-bond acceptors (Lipinski definition) is 3. The van der Waals surface area contributed by atoms with Crippen LogP contribution in [0.15, 0.2) is 17.0 Å². The highest BCUT2D eigenvalue weighted by molar-refractivity contribution is 7.89. The zero-order chi connectivity index (χ0) is 16.2. The van der Waals surface area contributed by atoms with Crippen LogP contribution >= 0.6 is 11.6 Å². The first-order valence-electron chi connectivity index (χ1n) is 7.22. The van der Waals surface area contributed by atoms with Crippen molar-refractivity contribution in [3.8, 4) is 0 Å². The van der Waals surface area contributed by atoms with E-state index in [4.69, 9.17) is 11.6 Å². The Labute approximate surface area is 133 Å². The summed E-state index contributed by atoms with van der Waals surface area (Å²) < 4.78 is 27.6. The summed E-state index contributed by atoms with van der Waals surface area (Å²) >= 11 is 6.09. The Morgan fingerprint density at radius 2 is 1.86 bits per heavy atom. The summed E-state index contributed by atoms with van der Waals surface area (Å²) in [5.41, 5.74) is 1.64. The van der Waals surface area contributed by atoms with E-state index in [0.717, 1.165) is 17.5 Å². The molecule has 0 fully saturated rings. The highest BCUT2D eigenvalue weighted by Crippen LogP contribution is 2.25. The van der Waals surface area contributed by atoms with Gasteiger partial charge in [-0.2, -0.15) is 0 Å². The minimum absolute atomic E-state index is 0.106. The monoisotopic (exact) mass is 332 g/mol. The van der Waals surface area contributed by atoms with Crippen LogP contribution in [0.25, 0.3) is 0 Å². The number of sulfonamides is 1. The Hall–Kier alpha value is -0.620. The summed E-state index contributed by atoms with van der Waals surface area (Å²) in [6.07, 6.45) is 0.737. The van der Waals surface area contributed by atoms with Crippen LogP contribution in [-0.2, 0) is 16.6 Å². The first kappa shape index (κ1) is 18.4. The lowest BCUT2D eigenvalue weighted by Gasteiger charge is -2.17. The summed E-state index contributed by atoms with van der Waals surface area (Å²) in [5.74, 6) is 0. The number of rotatable bonds is 7. The summed E-state index contributed by atoms with van der Waals surface area (Å²) in [4.78, 5) is 0.260. The van der Waals surface area contributed by atoms with E-state index in [2.05, 4.69) is 10.0 Å². The lowest BCUT2D eigenvalue weighted by Crippen LogP contribution is -2.32. The Bertz CT molecular complexity index is 586. The third-order valence-electron chi connectivity index (χ3n) is 3.39. The Morgan fingerprint density at radius 3 is 2.38 bits per heavy atom. The third kappa shape index (κ3) is 5.25. The molecule has 1 atom stereocenters. The largest absolute Gasteiger partial charge is 0.310 e. The van der Waals surface area contributed by atoms with Crippen LogP contribution in [0.5, 0.6) is 0 Å². The van der Waals surface area contributed by atoms with Crippen LogP contribution in [0.4, 0.5) is 0 Å². The lowest BCUT2D eigenvalue weighted by molar-refractivity contribution is 0.554. The zero-order valence-electron chi connectivity index (χ0n) is 13.3. The summed E-state index contributed by atoms with van der Waals surface area (Å²) in [6.45, 7) is 10.3. The highest BCUT2D eigenvalue weighted by Gasteiger charge is 2.21. The van der Waals surface area contributed by atoms with Gasteiger partial charge in [-0.15, -0.1) is 0 Å². The molecule has 0 bridgehead atoms. The molecule has 0 aliphatic rings. The van der Waals surface area contributed by atoms with Gasteiger partial charge in [0, 0.05) is 23.7 Å². The number of benzene rings is 1. The van der Waals surface area contributed by atoms with Gasteiger partial charge >= 0.3 is 0 Å². The summed E-state index contributed by atoms with van der Waals surface area (Å²) in [5, 5.41) is 3.72. The van der Waals surface area contributed by atoms with Gasteiger partial charge in [-0.05, 0) is 43.5 Å². The summed E-state index contributed by atoms with van der Waals surface area (Å²) in [6, 6.07) is 3.54. The predicted molar refractivity (Wildman–Crippen MR) is 88.2 cm³/mol. The van der Waals surface area contributed by atoms with Crippen LogP contribution in [0.2, 0.25) is 5.02 Å². The van der Waals surface area contributed by atoms with Gasteiger partial charge in [-0.3, -0.25) is 0 Å². The quantitative estimate of drug-likeness (QED) is 0.806. The average Bonchev–Trinajstić information content (AvgIpc) is 2.38. The molecule has 0 saturated heterocycles. The first-order valence-corrected chi connectivity index (χ1v) is 9.08. The molecule has 120 valence electrons. The molecule has 0 heterocycles. The second-order valence-corrected chi connectivity index (χ2v) is 7.77. The van der Waals surface area contributed by atoms with Gasteiger partial charge in [0.25, 0.3) is 0 Å². The van der Waals surface area contributed by atoms with E-state index in [-0.39, 0.29) is 10.9 Å². The Morgan fingerprint density at radius 1 is 1.24 bits per heavy atom. The van der Waals surface area contributed by atoms with Crippen LogP contribution in [-0.4, -0.2) is 20.5 Å². The van der Waals surface area contributed by atoms with Crippen LogP contribution < -0.4 is 10.0 Å².